The summed E-state index contributed by atoms with van der Waals surface area (Å²) in [6.45, 7) is 2.02. The van der Waals surface area contributed by atoms with E-state index < -0.39 is 0 Å². The Kier molecular flexibility index (Phi) is 2.94. The summed E-state index contributed by atoms with van der Waals surface area (Å²) < 4.78 is 12.3. The highest BCUT2D eigenvalue weighted by atomic mass is 79.9. The first-order valence-electron chi connectivity index (χ1n) is 7.07. The summed E-state index contributed by atoms with van der Waals surface area (Å²) in [5, 5.41) is 0. The van der Waals surface area contributed by atoms with Crippen LogP contribution in [0.4, 0.5) is 0 Å². The minimum atomic E-state index is -0.355. The van der Waals surface area contributed by atoms with E-state index in [-0.39, 0.29) is 18.2 Å². The normalized spacial score (nSPS) is 21.8. The van der Waals surface area contributed by atoms with Crippen LogP contribution < -0.4 is 9.47 Å². The smallest absolute Gasteiger partial charge is 0.258 e. The average molecular weight is 360 g/mol. The predicted octanol–water partition coefficient (Wildman–Crippen LogP) is 4.07. The Hall–Kier alpha value is -2.01. The van der Waals surface area contributed by atoms with Gasteiger partial charge in [-0.1, -0.05) is 22.0 Å². The Morgan fingerprint density at radius 3 is 2.77 bits per heavy atom. The monoisotopic (exact) mass is 359 g/mol. The topological polar surface area (TPSA) is 38.8 Å². The molecule has 2 atom stereocenters. The van der Waals surface area contributed by atoms with E-state index in [4.69, 9.17) is 9.47 Å². The standard InChI is InChI=1S/C17H14BrNO3/c1-9-13-8-11(21-2)4-6-15(13)22-17-12-5-3-10(18)7-14(12)16(20)19(9)17/h3-9,17H,1-2H3. The molecule has 4 rings (SSSR count). The van der Waals surface area contributed by atoms with Gasteiger partial charge in [-0.25, -0.2) is 0 Å². The van der Waals surface area contributed by atoms with Crippen LogP contribution in [0.15, 0.2) is 40.9 Å². The number of carbonyl (C=O) groups is 1. The summed E-state index contributed by atoms with van der Waals surface area (Å²) in [6, 6.07) is 11.4. The second-order valence-electron chi connectivity index (χ2n) is 5.49. The van der Waals surface area contributed by atoms with Crippen molar-refractivity contribution < 1.29 is 14.3 Å². The molecule has 0 aromatic heterocycles. The van der Waals surface area contributed by atoms with Crippen LogP contribution in [0, 0.1) is 0 Å². The fourth-order valence-electron chi connectivity index (χ4n) is 3.18. The maximum Gasteiger partial charge on any atom is 0.258 e. The van der Waals surface area contributed by atoms with E-state index in [9.17, 15) is 4.79 Å². The van der Waals surface area contributed by atoms with Gasteiger partial charge in [0, 0.05) is 21.2 Å². The van der Waals surface area contributed by atoms with E-state index in [1.807, 2.05) is 43.3 Å². The van der Waals surface area contributed by atoms with Gasteiger partial charge in [-0.15, -0.1) is 0 Å². The highest BCUT2D eigenvalue weighted by Crippen LogP contribution is 2.48. The van der Waals surface area contributed by atoms with Crippen LogP contribution in [0.5, 0.6) is 11.5 Å². The van der Waals surface area contributed by atoms with Crippen molar-refractivity contribution in [2.24, 2.45) is 0 Å². The Bertz CT molecular complexity index is 789. The molecule has 2 heterocycles. The summed E-state index contributed by atoms with van der Waals surface area (Å²) in [7, 11) is 1.63. The molecular formula is C17H14BrNO3. The van der Waals surface area contributed by atoms with Crippen molar-refractivity contribution >= 4 is 21.8 Å². The third-order valence-electron chi connectivity index (χ3n) is 4.32. The Labute approximate surface area is 136 Å². The van der Waals surface area contributed by atoms with Gasteiger partial charge < -0.3 is 9.47 Å². The molecule has 0 radical (unpaired) electrons. The number of rotatable bonds is 1. The molecule has 0 N–H and O–H groups in total. The van der Waals surface area contributed by atoms with E-state index >= 15 is 0 Å². The largest absolute Gasteiger partial charge is 0.497 e. The van der Waals surface area contributed by atoms with Crippen molar-refractivity contribution in [2.75, 3.05) is 7.11 Å². The molecule has 1 amide bonds. The molecule has 0 aliphatic carbocycles. The van der Waals surface area contributed by atoms with Gasteiger partial charge >= 0.3 is 0 Å². The summed E-state index contributed by atoms with van der Waals surface area (Å²) >= 11 is 3.43. The first kappa shape index (κ1) is 13.6. The highest BCUT2D eigenvalue weighted by molar-refractivity contribution is 9.10. The second kappa shape index (κ2) is 4.74. The minimum Gasteiger partial charge on any atom is -0.497 e. The summed E-state index contributed by atoms with van der Waals surface area (Å²) in [5.74, 6) is 1.57. The Balaban J connectivity index is 1.84. The molecule has 2 aromatic carbocycles. The van der Waals surface area contributed by atoms with Crippen LogP contribution in [0.2, 0.25) is 0 Å². The minimum absolute atomic E-state index is 0.00210. The average Bonchev–Trinajstić information content (AvgIpc) is 2.80. The molecule has 2 aliphatic heterocycles. The van der Waals surface area contributed by atoms with Crippen LogP contribution in [-0.4, -0.2) is 17.9 Å². The van der Waals surface area contributed by atoms with E-state index in [0.717, 1.165) is 27.1 Å². The first-order valence-corrected chi connectivity index (χ1v) is 7.86. The number of hydrogen-bond acceptors (Lipinski definition) is 3. The maximum atomic E-state index is 12.8. The fourth-order valence-corrected chi connectivity index (χ4v) is 3.54. The molecule has 112 valence electrons. The van der Waals surface area contributed by atoms with Crippen molar-refractivity contribution in [3.05, 3.63) is 57.6 Å². The third-order valence-corrected chi connectivity index (χ3v) is 4.82. The molecule has 0 saturated carbocycles. The second-order valence-corrected chi connectivity index (χ2v) is 6.41. The molecule has 2 aliphatic rings. The number of halogens is 1. The number of hydrogen-bond donors (Lipinski definition) is 0. The molecule has 2 aromatic rings. The zero-order valence-corrected chi connectivity index (χ0v) is 13.8. The number of methoxy groups -OCH3 is 1. The number of ether oxygens (including phenoxy) is 2. The summed E-state index contributed by atoms with van der Waals surface area (Å²) in [6.07, 6.45) is -0.355. The van der Waals surface area contributed by atoms with Gasteiger partial charge in [-0.3, -0.25) is 9.69 Å². The lowest BCUT2D eigenvalue weighted by atomic mass is 10.0. The number of nitrogens with zero attached hydrogens (tertiary/aromatic N) is 1. The molecule has 0 spiro atoms. The first-order chi connectivity index (χ1) is 10.6. The van der Waals surface area contributed by atoms with Crippen LogP contribution in [0.25, 0.3) is 0 Å². The third kappa shape index (κ3) is 1.78. The summed E-state index contributed by atoms with van der Waals surface area (Å²) in [4.78, 5) is 14.5. The van der Waals surface area contributed by atoms with Gasteiger partial charge in [0.25, 0.3) is 5.91 Å². The molecular weight excluding hydrogens is 346 g/mol. The summed E-state index contributed by atoms with van der Waals surface area (Å²) in [5.41, 5.74) is 2.59. The van der Waals surface area contributed by atoms with Crippen molar-refractivity contribution in [2.45, 2.75) is 19.2 Å². The van der Waals surface area contributed by atoms with E-state index in [1.54, 1.807) is 12.0 Å². The van der Waals surface area contributed by atoms with Gasteiger partial charge in [-0.05, 0) is 37.3 Å². The Morgan fingerprint density at radius 2 is 2.00 bits per heavy atom. The van der Waals surface area contributed by atoms with Gasteiger partial charge in [0.2, 0.25) is 6.23 Å². The van der Waals surface area contributed by atoms with Gasteiger partial charge in [0.05, 0.1) is 13.2 Å². The van der Waals surface area contributed by atoms with E-state index in [1.165, 1.54) is 0 Å². The SMILES string of the molecule is COc1ccc2c(c1)C(C)N1C(=O)c3cc(Br)ccc3C1O2. The van der Waals surface area contributed by atoms with Crippen molar-refractivity contribution in [1.82, 2.24) is 4.90 Å². The lowest BCUT2D eigenvalue weighted by Gasteiger charge is -2.37. The van der Waals surface area contributed by atoms with Crippen molar-refractivity contribution in [3.63, 3.8) is 0 Å². The molecule has 0 saturated heterocycles. The van der Waals surface area contributed by atoms with Gasteiger partial charge in [0.15, 0.2) is 0 Å². The highest BCUT2D eigenvalue weighted by Gasteiger charge is 2.45. The van der Waals surface area contributed by atoms with Gasteiger partial charge in [0.1, 0.15) is 11.5 Å². The van der Waals surface area contributed by atoms with E-state index in [0.29, 0.717) is 5.56 Å². The van der Waals surface area contributed by atoms with E-state index in [2.05, 4.69) is 15.9 Å². The predicted molar refractivity (Wildman–Crippen MR) is 85.1 cm³/mol. The molecule has 0 bridgehead atoms. The maximum absolute atomic E-state index is 12.8. The van der Waals surface area contributed by atoms with Gasteiger partial charge in [-0.2, -0.15) is 0 Å². The van der Waals surface area contributed by atoms with Crippen LogP contribution in [0.1, 0.15) is 40.7 Å². The van der Waals surface area contributed by atoms with Crippen LogP contribution in [-0.2, 0) is 0 Å². The number of amides is 1. The van der Waals surface area contributed by atoms with Crippen LogP contribution in [0.3, 0.4) is 0 Å². The number of fused-ring (bicyclic) bond motifs is 4. The fraction of sp³-hybridized carbons (Fsp3) is 0.235. The van der Waals surface area contributed by atoms with Crippen LogP contribution >= 0.6 is 15.9 Å². The zero-order chi connectivity index (χ0) is 15.4. The lowest BCUT2D eigenvalue weighted by molar-refractivity contribution is -0.00192. The molecule has 5 heteroatoms. The quantitative estimate of drug-likeness (QED) is 0.770. The Morgan fingerprint density at radius 1 is 1.18 bits per heavy atom. The zero-order valence-electron chi connectivity index (χ0n) is 12.2. The lowest BCUT2D eigenvalue weighted by Crippen LogP contribution is -2.37. The number of carbonyl (C=O) groups excluding carboxylic acids is 1. The molecule has 0 fully saturated rings. The number of benzene rings is 2. The molecule has 4 nitrogen and oxygen atoms in total. The molecule has 22 heavy (non-hydrogen) atoms. The van der Waals surface area contributed by atoms with Crippen molar-refractivity contribution in [1.29, 1.82) is 0 Å². The molecule has 2 unspecified atom stereocenters. The van der Waals surface area contributed by atoms with Crippen molar-refractivity contribution in [3.8, 4) is 11.5 Å².